The summed E-state index contributed by atoms with van der Waals surface area (Å²) >= 11 is 2.07. The molecule has 0 saturated carbocycles. The molecule has 1 aliphatic rings. The summed E-state index contributed by atoms with van der Waals surface area (Å²) in [6.07, 6.45) is 6.57. The number of hydrogen-bond donors (Lipinski definition) is 1. The first-order valence-electron chi connectivity index (χ1n) is 7.76. The minimum absolute atomic E-state index is 0.559. The lowest BCUT2D eigenvalue weighted by Gasteiger charge is -2.30. The normalized spacial score (nSPS) is 20.0. The Labute approximate surface area is 122 Å². The third-order valence-corrected chi connectivity index (χ3v) is 5.04. The zero-order valence-electron chi connectivity index (χ0n) is 12.3. The van der Waals surface area contributed by atoms with E-state index in [0.717, 1.165) is 0 Å². The molecule has 0 radical (unpaired) electrons. The molecule has 0 spiro atoms. The zero-order valence-corrected chi connectivity index (χ0v) is 13.1. The van der Waals surface area contributed by atoms with Crippen LogP contribution in [0.25, 0.3) is 0 Å². The molecule has 2 rings (SSSR count). The maximum absolute atomic E-state index is 3.93. The maximum atomic E-state index is 3.93. The van der Waals surface area contributed by atoms with Crippen LogP contribution >= 0.6 is 11.8 Å². The van der Waals surface area contributed by atoms with Crippen LogP contribution in [0.15, 0.2) is 24.3 Å². The predicted molar refractivity (Wildman–Crippen MR) is 86.7 cm³/mol. The molecule has 2 heteroatoms. The Kier molecular flexibility index (Phi) is 6.25. The Hall–Kier alpha value is -0.470. The van der Waals surface area contributed by atoms with Crippen LogP contribution in [0, 0.1) is 0 Å². The molecule has 2 unspecified atom stereocenters. The van der Waals surface area contributed by atoms with Crippen molar-refractivity contribution in [2.45, 2.75) is 63.8 Å². The summed E-state index contributed by atoms with van der Waals surface area (Å²) in [6, 6.07) is 10.2. The fourth-order valence-electron chi connectivity index (χ4n) is 2.91. The highest BCUT2D eigenvalue weighted by atomic mass is 32.2. The first-order valence-corrected chi connectivity index (χ1v) is 8.92. The van der Waals surface area contributed by atoms with Crippen LogP contribution in [-0.4, -0.2) is 11.8 Å². The molecule has 0 aliphatic carbocycles. The lowest BCUT2D eigenvalue weighted by atomic mass is 9.98. The van der Waals surface area contributed by atoms with Gasteiger partial charge in [0, 0.05) is 23.6 Å². The molecule has 1 aromatic rings. The molecule has 2 atom stereocenters. The molecule has 0 aromatic heterocycles. The zero-order chi connectivity index (χ0) is 13.5. The third-order valence-electron chi connectivity index (χ3n) is 3.95. The van der Waals surface area contributed by atoms with Crippen LogP contribution in [0.1, 0.15) is 63.1 Å². The van der Waals surface area contributed by atoms with Gasteiger partial charge < -0.3 is 5.32 Å². The van der Waals surface area contributed by atoms with Crippen molar-refractivity contribution in [1.29, 1.82) is 0 Å². The number of rotatable bonds is 7. The molecule has 1 aliphatic heterocycles. The molecule has 1 nitrogen and oxygen atoms in total. The molecule has 106 valence electrons. The van der Waals surface area contributed by atoms with Crippen molar-refractivity contribution in [3.05, 3.63) is 35.4 Å². The van der Waals surface area contributed by atoms with Crippen molar-refractivity contribution in [2.24, 2.45) is 0 Å². The molecule has 1 heterocycles. The Balaban J connectivity index is 2.01. The molecule has 0 bridgehead atoms. The average molecular weight is 277 g/mol. The Morgan fingerprint density at radius 2 is 2.05 bits per heavy atom. The van der Waals surface area contributed by atoms with E-state index < -0.39 is 0 Å². The van der Waals surface area contributed by atoms with Crippen LogP contribution in [-0.2, 0) is 5.75 Å². The Morgan fingerprint density at radius 1 is 1.21 bits per heavy atom. The third kappa shape index (κ3) is 4.25. The topological polar surface area (TPSA) is 12.0 Å². The molecule has 0 amide bonds. The molecule has 19 heavy (non-hydrogen) atoms. The van der Waals surface area contributed by atoms with E-state index in [1.165, 1.54) is 49.2 Å². The quantitative estimate of drug-likeness (QED) is 0.759. The summed E-state index contributed by atoms with van der Waals surface area (Å²) in [7, 11) is 0. The summed E-state index contributed by atoms with van der Waals surface area (Å²) in [5.74, 6) is 2.41. The molecular formula is C17H27NS. The van der Waals surface area contributed by atoms with Crippen molar-refractivity contribution in [1.82, 2.24) is 5.32 Å². The van der Waals surface area contributed by atoms with E-state index in [1.807, 2.05) is 0 Å². The molecular weight excluding hydrogens is 250 g/mol. The summed E-state index contributed by atoms with van der Waals surface area (Å²) in [4.78, 5) is 0. The second kappa shape index (κ2) is 7.96. The fraction of sp³-hybridized carbons (Fsp3) is 0.647. The van der Waals surface area contributed by atoms with E-state index in [0.29, 0.717) is 12.1 Å². The second-order valence-corrected chi connectivity index (χ2v) is 6.59. The number of fused-ring (bicyclic) bond motifs is 1. The standard InChI is InChI=1S/C17H27NS/c1-3-5-10-15(8-4-2)18-17-13-19-12-14-9-6-7-11-16(14)17/h6-7,9,11,15,17-18H,3-5,8,10,12-13H2,1-2H3. The summed E-state index contributed by atoms with van der Waals surface area (Å²) < 4.78 is 0. The second-order valence-electron chi connectivity index (χ2n) is 5.56. The molecule has 0 fully saturated rings. The Bertz CT molecular complexity index is 377. The van der Waals surface area contributed by atoms with Gasteiger partial charge in [-0.25, -0.2) is 0 Å². The number of hydrogen-bond acceptors (Lipinski definition) is 2. The first-order chi connectivity index (χ1) is 9.35. The SMILES string of the molecule is CCCCC(CCC)NC1CSCc2ccccc21. The number of unbranched alkanes of at least 4 members (excludes halogenated alkanes) is 1. The van der Waals surface area contributed by atoms with Gasteiger partial charge in [0.05, 0.1) is 0 Å². The van der Waals surface area contributed by atoms with E-state index >= 15 is 0 Å². The van der Waals surface area contributed by atoms with Gasteiger partial charge in [0.2, 0.25) is 0 Å². The maximum Gasteiger partial charge on any atom is 0.0417 e. The lowest BCUT2D eigenvalue weighted by molar-refractivity contribution is 0.397. The van der Waals surface area contributed by atoms with Crippen LogP contribution in [0.3, 0.4) is 0 Å². The Morgan fingerprint density at radius 3 is 2.84 bits per heavy atom. The predicted octanol–water partition coefficient (Wildman–Crippen LogP) is 4.92. The van der Waals surface area contributed by atoms with Gasteiger partial charge >= 0.3 is 0 Å². The van der Waals surface area contributed by atoms with Crippen LogP contribution in [0.5, 0.6) is 0 Å². The smallest absolute Gasteiger partial charge is 0.0417 e. The van der Waals surface area contributed by atoms with Crippen LogP contribution in [0.2, 0.25) is 0 Å². The van der Waals surface area contributed by atoms with E-state index in [4.69, 9.17) is 0 Å². The molecule has 0 saturated heterocycles. The van der Waals surface area contributed by atoms with E-state index in [9.17, 15) is 0 Å². The minimum atomic E-state index is 0.559. The fourth-order valence-corrected chi connectivity index (χ4v) is 4.03. The van der Waals surface area contributed by atoms with Crippen LogP contribution < -0.4 is 5.32 Å². The molecule has 1 N–H and O–H groups in total. The van der Waals surface area contributed by atoms with Gasteiger partial charge in [0.25, 0.3) is 0 Å². The average Bonchev–Trinajstić information content (AvgIpc) is 2.45. The highest BCUT2D eigenvalue weighted by molar-refractivity contribution is 7.98. The van der Waals surface area contributed by atoms with Crippen LogP contribution in [0.4, 0.5) is 0 Å². The van der Waals surface area contributed by atoms with Gasteiger partial charge in [0.1, 0.15) is 0 Å². The first kappa shape index (κ1) is 14.9. The minimum Gasteiger partial charge on any atom is -0.306 e. The van der Waals surface area contributed by atoms with Crippen molar-refractivity contribution < 1.29 is 0 Å². The highest BCUT2D eigenvalue weighted by Crippen LogP contribution is 2.32. The van der Waals surface area contributed by atoms with E-state index in [-0.39, 0.29) is 0 Å². The van der Waals surface area contributed by atoms with E-state index in [2.05, 4.69) is 55.2 Å². The summed E-state index contributed by atoms with van der Waals surface area (Å²) in [5.41, 5.74) is 3.07. The number of benzene rings is 1. The molecule has 1 aromatic carbocycles. The van der Waals surface area contributed by atoms with Gasteiger partial charge in [-0.3, -0.25) is 0 Å². The van der Waals surface area contributed by atoms with Gasteiger partial charge in [-0.1, -0.05) is 57.4 Å². The van der Waals surface area contributed by atoms with Gasteiger partial charge in [-0.2, -0.15) is 11.8 Å². The largest absolute Gasteiger partial charge is 0.306 e. The van der Waals surface area contributed by atoms with Gasteiger partial charge in [-0.05, 0) is 24.0 Å². The summed E-state index contributed by atoms with van der Waals surface area (Å²) in [6.45, 7) is 4.58. The lowest BCUT2D eigenvalue weighted by Crippen LogP contribution is -2.35. The van der Waals surface area contributed by atoms with Crippen molar-refractivity contribution in [2.75, 3.05) is 5.75 Å². The van der Waals surface area contributed by atoms with Crippen molar-refractivity contribution in [3.63, 3.8) is 0 Å². The number of nitrogens with one attached hydrogen (secondary N) is 1. The van der Waals surface area contributed by atoms with Crippen molar-refractivity contribution in [3.8, 4) is 0 Å². The van der Waals surface area contributed by atoms with Gasteiger partial charge in [-0.15, -0.1) is 0 Å². The monoisotopic (exact) mass is 277 g/mol. The van der Waals surface area contributed by atoms with Crippen molar-refractivity contribution >= 4 is 11.8 Å². The highest BCUT2D eigenvalue weighted by Gasteiger charge is 2.22. The summed E-state index contributed by atoms with van der Waals surface area (Å²) in [5, 5.41) is 3.93. The van der Waals surface area contributed by atoms with Gasteiger partial charge in [0.15, 0.2) is 0 Å². The number of thioether (sulfide) groups is 1. The van der Waals surface area contributed by atoms with E-state index in [1.54, 1.807) is 5.56 Å².